The largest absolute Gasteiger partial charge is 0.384 e. The van der Waals surface area contributed by atoms with Crippen LogP contribution in [0.4, 0.5) is 5.69 Å². The van der Waals surface area contributed by atoms with Crippen LogP contribution in [0.2, 0.25) is 0 Å². The predicted octanol–water partition coefficient (Wildman–Crippen LogP) is 1.67. The summed E-state index contributed by atoms with van der Waals surface area (Å²) < 4.78 is 0. The maximum absolute atomic E-state index is 5.39. The molecular formula is C10H16N2. The summed E-state index contributed by atoms with van der Waals surface area (Å²) >= 11 is 0. The highest BCUT2D eigenvalue weighted by Crippen LogP contribution is 2.15. The lowest BCUT2D eigenvalue weighted by molar-refractivity contribution is 1.02. The van der Waals surface area contributed by atoms with E-state index >= 15 is 0 Å². The predicted molar refractivity (Wildman–Crippen MR) is 53.5 cm³/mol. The fourth-order valence-electron chi connectivity index (χ4n) is 1.22. The molecule has 0 spiro atoms. The summed E-state index contributed by atoms with van der Waals surface area (Å²) in [6.45, 7) is 5.71. The Labute approximate surface area is 73.8 Å². The van der Waals surface area contributed by atoms with Crippen molar-refractivity contribution in [2.75, 3.05) is 18.4 Å². The lowest BCUT2D eigenvalue weighted by Crippen LogP contribution is -2.13. The molecule has 1 rings (SSSR count). The average molecular weight is 164 g/mol. The topological polar surface area (TPSA) is 38.0 Å². The van der Waals surface area contributed by atoms with Crippen LogP contribution in [0, 0.1) is 13.8 Å². The molecule has 0 aliphatic carbocycles. The Morgan fingerprint density at radius 2 is 2.08 bits per heavy atom. The van der Waals surface area contributed by atoms with Gasteiger partial charge in [-0.15, -0.1) is 0 Å². The van der Waals surface area contributed by atoms with E-state index in [9.17, 15) is 0 Å². The van der Waals surface area contributed by atoms with Crippen molar-refractivity contribution >= 4 is 5.69 Å². The van der Waals surface area contributed by atoms with E-state index in [1.807, 2.05) is 0 Å². The zero-order valence-electron chi connectivity index (χ0n) is 7.72. The average Bonchev–Trinajstić information content (AvgIpc) is 2.03. The second kappa shape index (κ2) is 4.12. The summed E-state index contributed by atoms with van der Waals surface area (Å²) in [4.78, 5) is 0. The number of nitrogens with one attached hydrogen (secondary N) is 1. The maximum atomic E-state index is 5.39. The highest BCUT2D eigenvalue weighted by molar-refractivity contribution is 5.51. The van der Waals surface area contributed by atoms with Gasteiger partial charge in [0.15, 0.2) is 0 Å². The summed E-state index contributed by atoms with van der Waals surface area (Å²) in [6.07, 6.45) is 0. The minimum absolute atomic E-state index is 0.674. The van der Waals surface area contributed by atoms with E-state index in [-0.39, 0.29) is 0 Å². The third-order valence-corrected chi connectivity index (χ3v) is 1.84. The highest BCUT2D eigenvalue weighted by Gasteiger charge is 1.95. The zero-order valence-corrected chi connectivity index (χ0v) is 7.72. The highest BCUT2D eigenvalue weighted by atomic mass is 14.9. The zero-order chi connectivity index (χ0) is 8.97. The molecule has 0 saturated heterocycles. The lowest BCUT2D eigenvalue weighted by atomic mass is 10.1. The van der Waals surface area contributed by atoms with Gasteiger partial charge in [-0.2, -0.15) is 0 Å². The fraction of sp³-hybridized carbons (Fsp3) is 0.400. The van der Waals surface area contributed by atoms with Crippen LogP contribution in [0.1, 0.15) is 11.1 Å². The summed E-state index contributed by atoms with van der Waals surface area (Å²) in [7, 11) is 0. The first-order valence-electron chi connectivity index (χ1n) is 4.25. The minimum atomic E-state index is 0.674. The Bertz CT molecular complexity index is 256. The van der Waals surface area contributed by atoms with Crippen molar-refractivity contribution in [3.8, 4) is 0 Å². The molecule has 0 unspecified atom stereocenters. The molecule has 2 nitrogen and oxygen atoms in total. The monoisotopic (exact) mass is 164 g/mol. The molecule has 0 saturated carbocycles. The molecule has 3 N–H and O–H groups in total. The number of rotatable bonds is 3. The summed E-state index contributed by atoms with van der Waals surface area (Å²) in [5, 5.41) is 3.26. The Balaban J connectivity index is 2.72. The van der Waals surface area contributed by atoms with Crippen LogP contribution in [0.25, 0.3) is 0 Å². The van der Waals surface area contributed by atoms with Gasteiger partial charge in [0.2, 0.25) is 0 Å². The molecule has 0 amide bonds. The Kier molecular flexibility index (Phi) is 3.11. The standard InChI is InChI=1S/C10H16N2/c1-8-3-4-10(9(2)7-8)12-6-5-11/h3-4,7,12H,5-6,11H2,1-2H3. The molecule has 66 valence electrons. The number of hydrogen-bond acceptors (Lipinski definition) is 2. The van der Waals surface area contributed by atoms with E-state index in [0.717, 1.165) is 6.54 Å². The van der Waals surface area contributed by atoms with Crippen LogP contribution in [-0.2, 0) is 0 Å². The van der Waals surface area contributed by atoms with Gasteiger partial charge in [0.05, 0.1) is 0 Å². The molecule has 12 heavy (non-hydrogen) atoms. The van der Waals surface area contributed by atoms with Crippen LogP contribution in [0.5, 0.6) is 0 Å². The molecule has 1 aromatic carbocycles. The van der Waals surface area contributed by atoms with E-state index in [1.165, 1.54) is 16.8 Å². The molecule has 0 aliphatic heterocycles. The van der Waals surface area contributed by atoms with Crippen LogP contribution in [-0.4, -0.2) is 13.1 Å². The third kappa shape index (κ3) is 2.24. The maximum Gasteiger partial charge on any atom is 0.0370 e. The van der Waals surface area contributed by atoms with E-state index < -0.39 is 0 Å². The van der Waals surface area contributed by atoms with Gasteiger partial charge in [-0.3, -0.25) is 0 Å². The Morgan fingerprint density at radius 3 is 2.67 bits per heavy atom. The molecular weight excluding hydrogens is 148 g/mol. The Hall–Kier alpha value is -1.02. The van der Waals surface area contributed by atoms with E-state index in [0.29, 0.717) is 6.54 Å². The third-order valence-electron chi connectivity index (χ3n) is 1.84. The summed E-state index contributed by atoms with van der Waals surface area (Å²) in [5.41, 5.74) is 9.16. The van der Waals surface area contributed by atoms with Crippen LogP contribution in [0.3, 0.4) is 0 Å². The number of hydrogen-bond donors (Lipinski definition) is 2. The first kappa shape index (κ1) is 9.07. The van der Waals surface area contributed by atoms with E-state index in [4.69, 9.17) is 5.73 Å². The summed E-state index contributed by atoms with van der Waals surface area (Å²) in [5.74, 6) is 0. The Morgan fingerprint density at radius 1 is 1.33 bits per heavy atom. The van der Waals surface area contributed by atoms with Gasteiger partial charge < -0.3 is 11.1 Å². The smallest absolute Gasteiger partial charge is 0.0370 e. The molecule has 0 fully saturated rings. The van der Waals surface area contributed by atoms with Crippen LogP contribution < -0.4 is 11.1 Å². The summed E-state index contributed by atoms with van der Waals surface area (Å²) in [6, 6.07) is 6.37. The lowest BCUT2D eigenvalue weighted by Gasteiger charge is -2.08. The molecule has 0 aliphatic rings. The molecule has 1 aromatic rings. The number of nitrogens with two attached hydrogens (primary N) is 1. The SMILES string of the molecule is Cc1ccc(NCCN)c(C)c1. The van der Waals surface area contributed by atoms with Crippen molar-refractivity contribution in [3.63, 3.8) is 0 Å². The van der Waals surface area contributed by atoms with Crippen molar-refractivity contribution < 1.29 is 0 Å². The normalized spacial score (nSPS) is 9.92. The molecule has 0 bridgehead atoms. The van der Waals surface area contributed by atoms with Crippen molar-refractivity contribution in [1.29, 1.82) is 0 Å². The van der Waals surface area contributed by atoms with Gasteiger partial charge in [-0.25, -0.2) is 0 Å². The molecule has 0 atom stereocenters. The second-order valence-corrected chi connectivity index (χ2v) is 3.03. The molecule has 0 heterocycles. The van der Waals surface area contributed by atoms with Gasteiger partial charge >= 0.3 is 0 Å². The van der Waals surface area contributed by atoms with Crippen molar-refractivity contribution in [2.24, 2.45) is 5.73 Å². The molecule has 2 heteroatoms. The number of benzene rings is 1. The number of anilines is 1. The van der Waals surface area contributed by atoms with Gasteiger partial charge in [-0.05, 0) is 25.5 Å². The second-order valence-electron chi connectivity index (χ2n) is 3.03. The van der Waals surface area contributed by atoms with Gasteiger partial charge in [-0.1, -0.05) is 17.7 Å². The van der Waals surface area contributed by atoms with Gasteiger partial charge in [0, 0.05) is 18.8 Å². The van der Waals surface area contributed by atoms with Gasteiger partial charge in [0.1, 0.15) is 0 Å². The van der Waals surface area contributed by atoms with Crippen molar-refractivity contribution in [2.45, 2.75) is 13.8 Å². The van der Waals surface area contributed by atoms with E-state index in [1.54, 1.807) is 0 Å². The molecule has 0 radical (unpaired) electrons. The van der Waals surface area contributed by atoms with E-state index in [2.05, 4.69) is 37.4 Å². The number of aryl methyl sites for hydroxylation is 2. The minimum Gasteiger partial charge on any atom is -0.384 e. The van der Waals surface area contributed by atoms with Crippen molar-refractivity contribution in [1.82, 2.24) is 0 Å². The first-order valence-corrected chi connectivity index (χ1v) is 4.25. The fourth-order valence-corrected chi connectivity index (χ4v) is 1.22. The first-order chi connectivity index (χ1) is 5.74. The van der Waals surface area contributed by atoms with Crippen molar-refractivity contribution in [3.05, 3.63) is 29.3 Å². The van der Waals surface area contributed by atoms with Crippen LogP contribution >= 0.6 is 0 Å². The quantitative estimate of drug-likeness (QED) is 0.713. The van der Waals surface area contributed by atoms with Crippen LogP contribution in [0.15, 0.2) is 18.2 Å². The molecule has 0 aromatic heterocycles. The van der Waals surface area contributed by atoms with Gasteiger partial charge in [0.25, 0.3) is 0 Å².